The number of alkyl halides is 1. The van der Waals surface area contributed by atoms with Crippen LogP contribution in [0, 0.1) is 30.5 Å². The molecule has 6 nitrogen and oxygen atoms in total. The van der Waals surface area contributed by atoms with E-state index in [1.165, 1.54) is 10.8 Å². The Bertz CT molecular complexity index is 1190. The third-order valence-electron chi connectivity index (χ3n) is 7.98. The molecule has 158 valence electrons. The molecule has 8 heteroatoms. The van der Waals surface area contributed by atoms with E-state index in [0.717, 1.165) is 25.5 Å². The van der Waals surface area contributed by atoms with Gasteiger partial charge in [0.15, 0.2) is 0 Å². The highest BCUT2D eigenvalue weighted by Gasteiger charge is 2.66. The van der Waals surface area contributed by atoms with Crippen LogP contribution in [0.2, 0.25) is 0 Å². The quantitative estimate of drug-likeness (QED) is 0.805. The van der Waals surface area contributed by atoms with E-state index in [4.69, 9.17) is 5.73 Å². The number of carboxylic acid groups (broad SMARTS) is 1. The molecule has 4 fully saturated rings. The van der Waals surface area contributed by atoms with Gasteiger partial charge in [-0.2, -0.15) is 0 Å². The average Bonchev–Trinajstić information content (AvgIpc) is 3.46. The van der Waals surface area contributed by atoms with Gasteiger partial charge in [0.25, 0.3) is 0 Å². The van der Waals surface area contributed by atoms with Gasteiger partial charge in [0, 0.05) is 36.6 Å². The molecule has 1 unspecified atom stereocenters. The molecule has 3 saturated carbocycles. The maximum absolute atomic E-state index is 15.3. The van der Waals surface area contributed by atoms with Gasteiger partial charge in [0.1, 0.15) is 17.6 Å². The molecule has 0 radical (unpaired) electrons. The van der Waals surface area contributed by atoms with Gasteiger partial charge in [-0.15, -0.1) is 0 Å². The molecule has 1 aliphatic heterocycles. The molecule has 1 saturated heterocycles. The fourth-order valence-corrected chi connectivity index (χ4v) is 6.30. The van der Waals surface area contributed by atoms with Crippen LogP contribution in [0.1, 0.15) is 41.2 Å². The number of aromatic carboxylic acids is 1. The van der Waals surface area contributed by atoms with E-state index < -0.39 is 35.0 Å². The summed E-state index contributed by atoms with van der Waals surface area (Å²) in [7, 11) is 0. The van der Waals surface area contributed by atoms with E-state index in [2.05, 4.69) is 0 Å². The zero-order valence-electron chi connectivity index (χ0n) is 16.6. The van der Waals surface area contributed by atoms with Crippen LogP contribution in [-0.2, 0) is 0 Å². The Kier molecular flexibility index (Phi) is 3.42. The maximum Gasteiger partial charge on any atom is 0.341 e. The first-order chi connectivity index (χ1) is 14.2. The number of nitrogens with zero attached hydrogens (tertiary/aromatic N) is 2. The van der Waals surface area contributed by atoms with E-state index in [-0.39, 0.29) is 17.3 Å². The summed E-state index contributed by atoms with van der Waals surface area (Å²) in [5.41, 5.74) is 6.61. The fraction of sp³-hybridized carbons (Fsp3) is 0.545. The van der Waals surface area contributed by atoms with Crippen LogP contribution >= 0.6 is 0 Å². The molecule has 1 aromatic heterocycles. The summed E-state index contributed by atoms with van der Waals surface area (Å²) in [6, 6.07) is 0.603. The number of benzene rings is 1. The lowest BCUT2D eigenvalue weighted by molar-refractivity contribution is 0.0694. The van der Waals surface area contributed by atoms with Crippen molar-refractivity contribution in [2.75, 3.05) is 18.0 Å². The summed E-state index contributed by atoms with van der Waals surface area (Å²) < 4.78 is 30.8. The lowest BCUT2D eigenvalue weighted by Crippen LogP contribution is -2.35. The van der Waals surface area contributed by atoms with E-state index in [0.29, 0.717) is 41.1 Å². The molecule has 0 amide bonds. The summed E-state index contributed by atoms with van der Waals surface area (Å²) in [5.74, 6) is -0.565. The number of carbonyl (C=O) groups is 1. The van der Waals surface area contributed by atoms with Crippen LogP contribution in [0.5, 0.6) is 0 Å². The lowest BCUT2D eigenvalue weighted by atomic mass is 9.92. The highest BCUT2D eigenvalue weighted by atomic mass is 19.1. The van der Waals surface area contributed by atoms with Crippen molar-refractivity contribution in [3.8, 4) is 0 Å². The summed E-state index contributed by atoms with van der Waals surface area (Å²) in [6.45, 7) is 3.13. The first-order valence-corrected chi connectivity index (χ1v) is 10.5. The minimum atomic E-state index is -1.39. The first kappa shape index (κ1) is 18.3. The van der Waals surface area contributed by atoms with Gasteiger partial charge in [0.2, 0.25) is 5.43 Å². The molecule has 30 heavy (non-hydrogen) atoms. The summed E-state index contributed by atoms with van der Waals surface area (Å²) in [5, 5.41) is 9.40. The topological polar surface area (TPSA) is 88.6 Å². The fourth-order valence-electron chi connectivity index (χ4n) is 6.30. The standard InChI is InChI=1S/C22H23F2N3O3/c1-9-18-12(20(28)13(21(29)30)7-27(18)17-4-15(17)23)3-16(24)19(9)26-6-10-2-11-5-22(11,25)14(10)8-26/h3,7,10-11,14-15,17H,2,4-6,8,25H2,1H3,(H,29,30)/t10-,11?,14+,15+,17-,22-/m1/s1. The van der Waals surface area contributed by atoms with Crippen molar-refractivity contribution in [1.82, 2.24) is 4.57 Å². The number of anilines is 1. The van der Waals surface area contributed by atoms with E-state index >= 15 is 4.39 Å². The van der Waals surface area contributed by atoms with Crippen molar-refractivity contribution in [2.45, 2.75) is 43.9 Å². The lowest BCUT2D eigenvalue weighted by Gasteiger charge is -2.25. The predicted octanol–water partition coefficient (Wildman–Crippen LogP) is 2.60. The molecular formula is C22H23F2N3O3. The molecule has 4 aliphatic rings. The van der Waals surface area contributed by atoms with Crippen LogP contribution in [0.4, 0.5) is 14.5 Å². The number of pyridine rings is 1. The summed E-state index contributed by atoms with van der Waals surface area (Å²) >= 11 is 0. The summed E-state index contributed by atoms with van der Waals surface area (Å²) in [6.07, 6.45) is 2.49. The minimum absolute atomic E-state index is 0.00954. The van der Waals surface area contributed by atoms with Gasteiger partial charge in [-0.1, -0.05) is 0 Å². The number of carboxylic acids is 1. The molecule has 2 aromatic rings. The Hall–Kier alpha value is -2.48. The Morgan fingerprint density at radius 2 is 2.07 bits per heavy atom. The Morgan fingerprint density at radius 1 is 1.33 bits per heavy atom. The van der Waals surface area contributed by atoms with Crippen molar-refractivity contribution < 1.29 is 18.7 Å². The maximum atomic E-state index is 15.3. The van der Waals surface area contributed by atoms with Gasteiger partial charge < -0.3 is 20.3 Å². The molecule has 3 N–H and O–H groups in total. The van der Waals surface area contributed by atoms with Crippen LogP contribution in [0.15, 0.2) is 17.1 Å². The molecule has 1 aromatic carbocycles. The Morgan fingerprint density at radius 3 is 2.70 bits per heavy atom. The second-order valence-corrected chi connectivity index (χ2v) is 9.65. The van der Waals surface area contributed by atoms with Crippen molar-refractivity contribution in [3.63, 3.8) is 0 Å². The van der Waals surface area contributed by atoms with Gasteiger partial charge in [0.05, 0.1) is 17.2 Å². The predicted molar refractivity (Wildman–Crippen MR) is 107 cm³/mol. The molecule has 3 aliphatic carbocycles. The second-order valence-electron chi connectivity index (χ2n) is 9.65. The van der Waals surface area contributed by atoms with Crippen molar-refractivity contribution >= 4 is 22.6 Å². The van der Waals surface area contributed by atoms with Gasteiger partial charge in [-0.05, 0) is 49.1 Å². The third kappa shape index (κ3) is 2.25. The molecular weight excluding hydrogens is 392 g/mol. The number of aromatic nitrogens is 1. The van der Waals surface area contributed by atoms with Gasteiger partial charge >= 0.3 is 5.97 Å². The molecule has 0 bridgehead atoms. The zero-order chi connectivity index (χ0) is 21.1. The second kappa shape index (κ2) is 5.60. The Balaban J connectivity index is 1.52. The van der Waals surface area contributed by atoms with Crippen LogP contribution in [0.3, 0.4) is 0 Å². The molecule has 6 rings (SSSR count). The molecule has 6 atom stereocenters. The number of hydrogen-bond acceptors (Lipinski definition) is 4. The summed E-state index contributed by atoms with van der Waals surface area (Å²) in [4.78, 5) is 26.3. The largest absolute Gasteiger partial charge is 0.477 e. The number of halogens is 2. The number of nitrogens with two attached hydrogens (primary N) is 1. The highest BCUT2D eigenvalue weighted by Crippen LogP contribution is 2.62. The van der Waals surface area contributed by atoms with E-state index in [1.807, 2.05) is 4.90 Å². The van der Waals surface area contributed by atoms with Gasteiger partial charge in [-0.25, -0.2) is 13.6 Å². The van der Waals surface area contributed by atoms with E-state index in [9.17, 15) is 19.1 Å². The van der Waals surface area contributed by atoms with Gasteiger partial charge in [-0.3, -0.25) is 4.79 Å². The van der Waals surface area contributed by atoms with Crippen LogP contribution in [0.25, 0.3) is 10.9 Å². The minimum Gasteiger partial charge on any atom is -0.477 e. The first-order valence-electron chi connectivity index (χ1n) is 10.5. The third-order valence-corrected chi connectivity index (χ3v) is 7.98. The number of aryl methyl sites for hydroxylation is 1. The zero-order valence-corrected chi connectivity index (χ0v) is 16.6. The number of rotatable bonds is 3. The molecule has 0 spiro atoms. The van der Waals surface area contributed by atoms with Crippen molar-refractivity contribution in [3.05, 3.63) is 39.4 Å². The highest BCUT2D eigenvalue weighted by molar-refractivity contribution is 5.95. The van der Waals surface area contributed by atoms with E-state index in [1.54, 1.807) is 6.92 Å². The SMILES string of the molecule is Cc1c(N2C[C@H]3CC4C[C@]4(N)[C@H]3C2)c(F)cc2c(=O)c(C(=O)O)cn([C@@H]3C[C@@H]3F)c12. The average molecular weight is 415 g/mol. The normalized spacial score (nSPS) is 36.1. The molecule has 2 heterocycles. The number of hydrogen-bond donors (Lipinski definition) is 2. The monoisotopic (exact) mass is 415 g/mol. The van der Waals surface area contributed by atoms with Crippen molar-refractivity contribution in [1.29, 1.82) is 0 Å². The van der Waals surface area contributed by atoms with Crippen LogP contribution in [-0.4, -0.2) is 40.4 Å². The smallest absolute Gasteiger partial charge is 0.341 e. The van der Waals surface area contributed by atoms with Crippen LogP contribution < -0.4 is 16.1 Å². The van der Waals surface area contributed by atoms with Crippen molar-refractivity contribution in [2.24, 2.45) is 23.5 Å². The Labute approximate surface area is 171 Å². The number of fused-ring (bicyclic) bond motifs is 4.